The first-order chi connectivity index (χ1) is 10.1. The number of hydrogen-bond donors (Lipinski definition) is 1. The Hall–Kier alpha value is -1.86. The Morgan fingerprint density at radius 1 is 1.29 bits per heavy atom. The third-order valence-corrected chi connectivity index (χ3v) is 5.14. The molecule has 0 saturated heterocycles. The molecular weight excluding hydrogens is 288 g/mol. The minimum Gasteiger partial charge on any atom is -0.384 e. The van der Waals surface area contributed by atoms with Crippen molar-refractivity contribution in [1.29, 1.82) is 5.26 Å². The van der Waals surface area contributed by atoms with E-state index in [1.165, 1.54) is 16.4 Å². The first-order valence-electron chi connectivity index (χ1n) is 6.68. The predicted molar refractivity (Wildman–Crippen MR) is 77.5 cm³/mol. The molecule has 1 aromatic carbocycles. The molecule has 2 rings (SSSR count). The lowest BCUT2D eigenvalue weighted by molar-refractivity contribution is 0.350. The molecule has 0 amide bonds. The first-order valence-corrected chi connectivity index (χ1v) is 8.12. The number of sulfonamides is 1. The van der Waals surface area contributed by atoms with Gasteiger partial charge in [-0.25, -0.2) is 8.42 Å². The lowest BCUT2D eigenvalue weighted by Crippen LogP contribution is -2.33. The molecule has 1 fully saturated rings. The summed E-state index contributed by atoms with van der Waals surface area (Å²) in [4.78, 5) is 0.210. The van der Waals surface area contributed by atoms with Crippen LogP contribution >= 0.6 is 0 Å². The summed E-state index contributed by atoms with van der Waals surface area (Å²) in [6.45, 7) is -0.000757. The Labute approximate surface area is 124 Å². The van der Waals surface area contributed by atoms with Gasteiger partial charge >= 0.3 is 0 Å². The fourth-order valence-corrected chi connectivity index (χ4v) is 3.69. The third-order valence-electron chi connectivity index (χ3n) is 3.17. The highest BCUT2D eigenvalue weighted by molar-refractivity contribution is 7.89. The number of benzene rings is 1. The SMILES string of the molecule is N#CCCN(C1CC1)S(=O)(=O)c1ccc(C#CCO)cc1. The van der Waals surface area contributed by atoms with Crippen molar-refractivity contribution in [2.45, 2.75) is 30.2 Å². The van der Waals surface area contributed by atoms with Crippen LogP contribution in [0.15, 0.2) is 29.2 Å². The molecule has 0 radical (unpaired) electrons. The van der Waals surface area contributed by atoms with E-state index in [4.69, 9.17) is 10.4 Å². The summed E-state index contributed by atoms with van der Waals surface area (Å²) in [5, 5.41) is 17.3. The Morgan fingerprint density at radius 2 is 1.95 bits per heavy atom. The van der Waals surface area contributed by atoms with Gasteiger partial charge in [0.25, 0.3) is 0 Å². The van der Waals surface area contributed by atoms with Crippen LogP contribution in [0.25, 0.3) is 0 Å². The molecule has 110 valence electrons. The average molecular weight is 304 g/mol. The normalized spacial score (nSPS) is 14.3. The van der Waals surface area contributed by atoms with Crippen LogP contribution in [0.3, 0.4) is 0 Å². The number of rotatable bonds is 5. The smallest absolute Gasteiger partial charge is 0.243 e. The van der Waals surface area contributed by atoms with Crippen LogP contribution in [0, 0.1) is 23.2 Å². The van der Waals surface area contributed by atoms with Gasteiger partial charge < -0.3 is 5.11 Å². The van der Waals surface area contributed by atoms with Crippen molar-refractivity contribution in [2.75, 3.05) is 13.2 Å². The largest absolute Gasteiger partial charge is 0.384 e. The van der Waals surface area contributed by atoms with Crippen molar-refractivity contribution >= 4 is 10.0 Å². The van der Waals surface area contributed by atoms with E-state index < -0.39 is 10.0 Å². The highest BCUT2D eigenvalue weighted by atomic mass is 32.2. The second kappa shape index (κ2) is 6.73. The maximum atomic E-state index is 12.6. The summed E-state index contributed by atoms with van der Waals surface area (Å²) < 4.78 is 26.6. The Kier molecular flexibility index (Phi) is 4.98. The van der Waals surface area contributed by atoms with Crippen molar-refractivity contribution in [3.8, 4) is 17.9 Å². The van der Waals surface area contributed by atoms with Crippen LogP contribution in [-0.2, 0) is 10.0 Å². The van der Waals surface area contributed by atoms with Crippen molar-refractivity contribution in [2.24, 2.45) is 0 Å². The Bertz CT molecular complexity index is 689. The standard InChI is InChI=1S/C15H16N2O3S/c16-10-2-11-17(14-6-7-14)21(19,20)15-8-4-13(5-9-15)3-1-12-18/h4-5,8-9,14,18H,2,6-7,11-12H2. The van der Waals surface area contributed by atoms with E-state index in [2.05, 4.69) is 11.8 Å². The Balaban J connectivity index is 2.23. The molecule has 0 heterocycles. The maximum absolute atomic E-state index is 12.6. The van der Waals surface area contributed by atoms with Gasteiger partial charge in [-0.3, -0.25) is 0 Å². The number of nitrogens with zero attached hydrogens (tertiary/aromatic N) is 2. The lowest BCUT2D eigenvalue weighted by atomic mass is 10.2. The fourth-order valence-electron chi connectivity index (χ4n) is 2.01. The maximum Gasteiger partial charge on any atom is 0.243 e. The van der Waals surface area contributed by atoms with Gasteiger partial charge in [0.05, 0.1) is 11.0 Å². The molecule has 0 bridgehead atoms. The molecule has 0 aromatic heterocycles. The van der Waals surface area contributed by atoms with Crippen molar-refractivity contribution in [1.82, 2.24) is 4.31 Å². The summed E-state index contributed by atoms with van der Waals surface area (Å²) in [7, 11) is -3.56. The van der Waals surface area contributed by atoms with Gasteiger partial charge in [0, 0.05) is 24.6 Å². The van der Waals surface area contributed by atoms with Gasteiger partial charge in [-0.2, -0.15) is 9.57 Å². The van der Waals surface area contributed by atoms with Gasteiger partial charge in [-0.1, -0.05) is 11.8 Å². The zero-order chi connectivity index (χ0) is 15.3. The molecule has 0 atom stereocenters. The van der Waals surface area contributed by atoms with E-state index in [0.717, 1.165) is 12.8 Å². The van der Waals surface area contributed by atoms with Crippen molar-refractivity contribution in [3.63, 3.8) is 0 Å². The summed E-state index contributed by atoms with van der Waals surface area (Å²) in [5.41, 5.74) is 0.651. The summed E-state index contributed by atoms with van der Waals surface area (Å²) in [5.74, 6) is 5.23. The number of nitriles is 1. The molecule has 1 aliphatic rings. The molecule has 1 aromatic rings. The molecule has 0 unspecified atom stereocenters. The van der Waals surface area contributed by atoms with E-state index in [9.17, 15) is 8.42 Å². The molecule has 5 nitrogen and oxygen atoms in total. The molecule has 1 N–H and O–H groups in total. The number of hydrogen-bond acceptors (Lipinski definition) is 4. The van der Waals surface area contributed by atoms with Crippen LogP contribution in [0.4, 0.5) is 0 Å². The molecule has 0 spiro atoms. The zero-order valence-electron chi connectivity index (χ0n) is 11.5. The highest BCUT2D eigenvalue weighted by Gasteiger charge is 2.37. The van der Waals surface area contributed by atoms with Gasteiger partial charge in [-0.15, -0.1) is 0 Å². The first kappa shape index (κ1) is 15.5. The molecule has 6 heteroatoms. The quantitative estimate of drug-likeness (QED) is 0.826. The van der Waals surface area contributed by atoms with E-state index in [-0.39, 0.29) is 30.5 Å². The van der Waals surface area contributed by atoms with Crippen LogP contribution in [0.5, 0.6) is 0 Å². The Morgan fingerprint density at radius 3 is 2.48 bits per heavy atom. The van der Waals surface area contributed by atoms with Crippen LogP contribution in [-0.4, -0.2) is 37.0 Å². The average Bonchev–Trinajstić information content (AvgIpc) is 3.30. The van der Waals surface area contributed by atoms with Crippen molar-refractivity contribution in [3.05, 3.63) is 29.8 Å². The highest BCUT2D eigenvalue weighted by Crippen LogP contribution is 2.32. The second-order valence-electron chi connectivity index (χ2n) is 4.74. The number of aliphatic hydroxyl groups is 1. The van der Waals surface area contributed by atoms with Gasteiger partial charge in [0.1, 0.15) is 6.61 Å². The van der Waals surface area contributed by atoms with Gasteiger partial charge in [-0.05, 0) is 37.1 Å². The number of aliphatic hydroxyl groups excluding tert-OH is 1. The molecule has 0 aliphatic heterocycles. The molecular formula is C15H16N2O3S. The third kappa shape index (κ3) is 3.83. The van der Waals surface area contributed by atoms with E-state index in [0.29, 0.717) is 5.56 Å². The topological polar surface area (TPSA) is 81.4 Å². The minimum atomic E-state index is -3.56. The zero-order valence-corrected chi connectivity index (χ0v) is 12.3. The molecule has 21 heavy (non-hydrogen) atoms. The van der Waals surface area contributed by atoms with E-state index in [1.807, 2.05) is 6.07 Å². The molecule has 1 aliphatic carbocycles. The fraction of sp³-hybridized carbons (Fsp3) is 0.400. The summed E-state index contributed by atoms with van der Waals surface area (Å²) >= 11 is 0. The van der Waals surface area contributed by atoms with Crippen LogP contribution < -0.4 is 0 Å². The predicted octanol–water partition coefficient (Wildman–Crippen LogP) is 1.10. The monoisotopic (exact) mass is 304 g/mol. The van der Waals surface area contributed by atoms with E-state index >= 15 is 0 Å². The van der Waals surface area contributed by atoms with E-state index in [1.54, 1.807) is 12.1 Å². The van der Waals surface area contributed by atoms with Gasteiger partial charge in [0.15, 0.2) is 0 Å². The van der Waals surface area contributed by atoms with Crippen molar-refractivity contribution < 1.29 is 13.5 Å². The van der Waals surface area contributed by atoms with Crippen LogP contribution in [0.2, 0.25) is 0 Å². The van der Waals surface area contributed by atoms with Crippen LogP contribution in [0.1, 0.15) is 24.8 Å². The summed E-state index contributed by atoms with van der Waals surface area (Å²) in [6.07, 6.45) is 1.89. The lowest BCUT2D eigenvalue weighted by Gasteiger charge is -2.20. The molecule has 1 saturated carbocycles. The van der Waals surface area contributed by atoms with Gasteiger partial charge in [0.2, 0.25) is 10.0 Å². The summed E-state index contributed by atoms with van der Waals surface area (Å²) in [6, 6.07) is 8.27. The second-order valence-corrected chi connectivity index (χ2v) is 6.63. The minimum absolute atomic E-state index is 0.0252.